The van der Waals surface area contributed by atoms with Gasteiger partial charge in [-0.15, -0.1) is 0 Å². The molecular weight excluding hydrogens is 360 g/mol. The molecule has 144 valence electrons. The van der Waals surface area contributed by atoms with Crippen molar-refractivity contribution in [2.75, 3.05) is 18.0 Å². The maximum Gasteiger partial charge on any atom is 0.223 e. The lowest BCUT2D eigenvalue weighted by Crippen LogP contribution is -2.35. The Labute approximate surface area is 166 Å². The van der Waals surface area contributed by atoms with E-state index in [1.54, 1.807) is 4.90 Å². The molecule has 0 fully saturated rings. The molecule has 0 aliphatic heterocycles. The summed E-state index contributed by atoms with van der Waals surface area (Å²) in [6, 6.07) is 15.5. The molecule has 0 saturated carbocycles. The SMILES string of the molecule is CC(=O)N(CCC(=O)NCCc1cccc(Cl)c1)c1ccccc1C(C)C. The largest absolute Gasteiger partial charge is 0.356 e. The molecule has 2 rings (SSSR count). The highest BCUT2D eigenvalue weighted by molar-refractivity contribution is 6.30. The number of carbonyl (C=O) groups is 2. The van der Waals surface area contributed by atoms with E-state index in [0.29, 0.717) is 24.0 Å². The Kier molecular flexibility index (Phi) is 7.86. The molecule has 5 heteroatoms. The van der Waals surface area contributed by atoms with Crippen LogP contribution < -0.4 is 10.2 Å². The molecule has 2 aromatic rings. The minimum Gasteiger partial charge on any atom is -0.356 e. The third-order valence-corrected chi connectivity index (χ3v) is 4.65. The van der Waals surface area contributed by atoms with Gasteiger partial charge in [-0.1, -0.05) is 55.8 Å². The summed E-state index contributed by atoms with van der Waals surface area (Å²) in [5.74, 6) is 0.176. The number of rotatable bonds is 8. The summed E-state index contributed by atoms with van der Waals surface area (Å²) in [4.78, 5) is 26.0. The smallest absolute Gasteiger partial charge is 0.223 e. The van der Waals surface area contributed by atoms with Gasteiger partial charge in [-0.25, -0.2) is 0 Å². The Morgan fingerprint density at radius 2 is 1.85 bits per heavy atom. The fourth-order valence-electron chi connectivity index (χ4n) is 3.01. The van der Waals surface area contributed by atoms with E-state index >= 15 is 0 Å². The average molecular weight is 387 g/mol. The van der Waals surface area contributed by atoms with Gasteiger partial charge in [0.2, 0.25) is 11.8 Å². The molecule has 0 spiro atoms. The van der Waals surface area contributed by atoms with Crippen LogP contribution in [0.15, 0.2) is 48.5 Å². The first-order chi connectivity index (χ1) is 12.9. The van der Waals surface area contributed by atoms with Gasteiger partial charge in [0.25, 0.3) is 0 Å². The predicted octanol–water partition coefficient (Wildman–Crippen LogP) is 4.57. The van der Waals surface area contributed by atoms with E-state index in [2.05, 4.69) is 19.2 Å². The zero-order valence-electron chi connectivity index (χ0n) is 16.2. The second-order valence-corrected chi connectivity index (χ2v) is 7.30. The Hall–Kier alpha value is -2.33. The van der Waals surface area contributed by atoms with Gasteiger partial charge in [0.05, 0.1) is 0 Å². The Morgan fingerprint density at radius 1 is 1.11 bits per heavy atom. The minimum absolute atomic E-state index is 0.0603. The molecule has 0 saturated heterocycles. The summed E-state index contributed by atoms with van der Waals surface area (Å²) in [7, 11) is 0. The van der Waals surface area contributed by atoms with Gasteiger partial charge in [-0.3, -0.25) is 9.59 Å². The van der Waals surface area contributed by atoms with E-state index in [1.165, 1.54) is 6.92 Å². The molecule has 4 nitrogen and oxygen atoms in total. The van der Waals surface area contributed by atoms with E-state index in [1.807, 2.05) is 48.5 Å². The summed E-state index contributed by atoms with van der Waals surface area (Å²) < 4.78 is 0. The molecule has 2 amide bonds. The standard InChI is InChI=1S/C22H27ClN2O2/c1-16(2)20-9-4-5-10-21(20)25(17(3)26)14-12-22(27)24-13-11-18-7-6-8-19(23)15-18/h4-10,15-16H,11-14H2,1-3H3,(H,24,27). The highest BCUT2D eigenvalue weighted by Gasteiger charge is 2.17. The number of amides is 2. The van der Waals surface area contributed by atoms with Gasteiger partial charge in [0, 0.05) is 37.1 Å². The Morgan fingerprint density at radius 3 is 2.52 bits per heavy atom. The third kappa shape index (κ3) is 6.40. The quantitative estimate of drug-likeness (QED) is 0.722. The van der Waals surface area contributed by atoms with Crippen molar-refractivity contribution in [2.45, 2.75) is 39.5 Å². The highest BCUT2D eigenvalue weighted by atomic mass is 35.5. The van der Waals surface area contributed by atoms with Crippen LogP contribution in [0.1, 0.15) is 44.2 Å². The molecule has 0 aliphatic rings. The zero-order valence-corrected chi connectivity index (χ0v) is 16.9. The van der Waals surface area contributed by atoms with Gasteiger partial charge < -0.3 is 10.2 Å². The Bertz CT molecular complexity index is 789. The van der Waals surface area contributed by atoms with Crippen LogP contribution in [0.3, 0.4) is 0 Å². The second-order valence-electron chi connectivity index (χ2n) is 6.86. The molecule has 0 unspecified atom stereocenters. The summed E-state index contributed by atoms with van der Waals surface area (Å²) in [6.45, 7) is 6.64. The number of nitrogens with zero attached hydrogens (tertiary/aromatic N) is 1. The number of hydrogen-bond donors (Lipinski definition) is 1. The van der Waals surface area contributed by atoms with Crippen LogP contribution in [0.5, 0.6) is 0 Å². The lowest BCUT2D eigenvalue weighted by molar-refractivity contribution is -0.121. The van der Waals surface area contributed by atoms with E-state index in [9.17, 15) is 9.59 Å². The van der Waals surface area contributed by atoms with Crippen LogP contribution in [-0.2, 0) is 16.0 Å². The van der Waals surface area contributed by atoms with Crippen LogP contribution in [0.2, 0.25) is 5.02 Å². The summed E-state index contributed by atoms with van der Waals surface area (Å²) in [5, 5.41) is 3.61. The first kappa shape index (κ1) is 21.0. The fraction of sp³-hybridized carbons (Fsp3) is 0.364. The molecule has 0 aromatic heterocycles. The van der Waals surface area contributed by atoms with Crippen LogP contribution >= 0.6 is 11.6 Å². The molecule has 0 radical (unpaired) electrons. The van der Waals surface area contributed by atoms with Crippen molar-refractivity contribution < 1.29 is 9.59 Å². The van der Waals surface area contributed by atoms with Crippen molar-refractivity contribution in [3.8, 4) is 0 Å². The highest BCUT2D eigenvalue weighted by Crippen LogP contribution is 2.27. The molecule has 0 heterocycles. The lowest BCUT2D eigenvalue weighted by Gasteiger charge is -2.25. The average Bonchev–Trinajstić information content (AvgIpc) is 2.62. The second kappa shape index (κ2) is 10.1. The molecule has 1 N–H and O–H groups in total. The molecule has 0 atom stereocenters. The number of hydrogen-bond acceptors (Lipinski definition) is 2. The first-order valence-corrected chi connectivity index (χ1v) is 9.64. The molecule has 0 aliphatic carbocycles. The van der Waals surface area contributed by atoms with Crippen molar-refractivity contribution in [3.63, 3.8) is 0 Å². The van der Waals surface area contributed by atoms with Crippen molar-refractivity contribution >= 4 is 29.1 Å². The van der Waals surface area contributed by atoms with Gasteiger partial charge in [0.15, 0.2) is 0 Å². The molecule has 27 heavy (non-hydrogen) atoms. The van der Waals surface area contributed by atoms with E-state index in [0.717, 1.165) is 23.2 Å². The third-order valence-electron chi connectivity index (χ3n) is 4.42. The van der Waals surface area contributed by atoms with Crippen molar-refractivity contribution in [1.29, 1.82) is 0 Å². The minimum atomic E-state index is -0.0645. The van der Waals surface area contributed by atoms with Gasteiger partial charge in [-0.05, 0) is 41.7 Å². The number of para-hydroxylation sites is 1. The monoisotopic (exact) mass is 386 g/mol. The fourth-order valence-corrected chi connectivity index (χ4v) is 3.22. The number of carbonyl (C=O) groups excluding carboxylic acids is 2. The van der Waals surface area contributed by atoms with Crippen molar-refractivity contribution in [1.82, 2.24) is 5.32 Å². The summed E-state index contributed by atoms with van der Waals surface area (Å²) >= 11 is 5.97. The summed E-state index contributed by atoms with van der Waals surface area (Å²) in [6.07, 6.45) is 0.987. The molecular formula is C22H27ClN2O2. The van der Waals surface area contributed by atoms with Gasteiger partial charge >= 0.3 is 0 Å². The van der Waals surface area contributed by atoms with Crippen molar-refractivity contribution in [3.05, 3.63) is 64.7 Å². The zero-order chi connectivity index (χ0) is 19.8. The van der Waals surface area contributed by atoms with E-state index in [4.69, 9.17) is 11.6 Å². The number of benzene rings is 2. The Balaban J connectivity index is 1.90. The lowest BCUT2D eigenvalue weighted by atomic mass is 10.0. The van der Waals surface area contributed by atoms with Crippen LogP contribution in [-0.4, -0.2) is 24.9 Å². The van der Waals surface area contributed by atoms with Crippen molar-refractivity contribution in [2.24, 2.45) is 0 Å². The molecule has 0 bridgehead atoms. The summed E-state index contributed by atoms with van der Waals surface area (Å²) in [5.41, 5.74) is 3.07. The van der Waals surface area contributed by atoms with Crippen LogP contribution in [0.25, 0.3) is 0 Å². The first-order valence-electron chi connectivity index (χ1n) is 9.26. The van der Waals surface area contributed by atoms with Gasteiger partial charge in [-0.2, -0.15) is 0 Å². The number of anilines is 1. The number of nitrogens with one attached hydrogen (secondary N) is 1. The maximum absolute atomic E-state index is 12.2. The van der Waals surface area contributed by atoms with E-state index < -0.39 is 0 Å². The predicted molar refractivity (Wildman–Crippen MR) is 111 cm³/mol. The normalized spacial score (nSPS) is 10.7. The van der Waals surface area contributed by atoms with Gasteiger partial charge in [0.1, 0.15) is 0 Å². The maximum atomic E-state index is 12.2. The van der Waals surface area contributed by atoms with Crippen LogP contribution in [0, 0.1) is 0 Å². The topological polar surface area (TPSA) is 49.4 Å². The number of halogens is 1. The van der Waals surface area contributed by atoms with Crippen LogP contribution in [0.4, 0.5) is 5.69 Å². The van der Waals surface area contributed by atoms with E-state index in [-0.39, 0.29) is 18.2 Å². The molecule has 2 aromatic carbocycles.